The largest absolute Gasteiger partial charge is 0.508 e. The quantitative estimate of drug-likeness (QED) is 0.0361. The smallest absolute Gasteiger partial charge is 0.340 e. The average Bonchev–Trinajstić information content (AvgIpc) is 3.43. The molecule has 0 bridgehead atoms. The van der Waals surface area contributed by atoms with Crippen LogP contribution in [0.5, 0.6) is 23.0 Å². The number of anilines is 1. The number of benzene rings is 3. The molecule has 10 nitrogen and oxygen atoms in total. The van der Waals surface area contributed by atoms with Crippen LogP contribution in [0.3, 0.4) is 0 Å². The Hall–Kier alpha value is -4.35. The van der Waals surface area contributed by atoms with E-state index in [0.717, 1.165) is 12.8 Å². The van der Waals surface area contributed by atoms with Crippen LogP contribution in [-0.2, 0) is 19.9 Å². The molecule has 3 aromatic carbocycles. The van der Waals surface area contributed by atoms with Crippen LogP contribution in [0.1, 0.15) is 137 Å². The highest BCUT2D eigenvalue weighted by molar-refractivity contribution is 7.80. The maximum atomic E-state index is 13.4. The van der Waals surface area contributed by atoms with Gasteiger partial charge in [0.25, 0.3) is 0 Å². The van der Waals surface area contributed by atoms with Crippen molar-refractivity contribution < 1.29 is 34.0 Å². The van der Waals surface area contributed by atoms with Crippen molar-refractivity contribution in [3.8, 4) is 23.0 Å². The van der Waals surface area contributed by atoms with E-state index in [1.54, 1.807) is 24.3 Å². The third-order valence-corrected chi connectivity index (χ3v) is 10.4. The zero-order valence-corrected chi connectivity index (χ0v) is 32.5. The van der Waals surface area contributed by atoms with E-state index < -0.39 is 11.6 Å². The number of aromatic hydroxyl groups is 2. The van der Waals surface area contributed by atoms with Gasteiger partial charge in [-0.3, -0.25) is 4.79 Å². The van der Waals surface area contributed by atoms with Crippen molar-refractivity contribution in [2.45, 2.75) is 115 Å². The summed E-state index contributed by atoms with van der Waals surface area (Å²) in [4.78, 5) is 25.5. The lowest BCUT2D eigenvalue weighted by atomic mass is 9.77. The zero-order chi connectivity index (χ0) is 38.2. The van der Waals surface area contributed by atoms with Gasteiger partial charge in [-0.2, -0.15) is 0 Å². The summed E-state index contributed by atoms with van der Waals surface area (Å²) in [5, 5.41) is 29.8. The molecule has 11 heteroatoms. The lowest BCUT2D eigenvalue weighted by Crippen LogP contribution is -2.33. The molecule has 292 valence electrons. The Morgan fingerprint density at radius 1 is 0.704 bits per heavy atom. The number of ether oxygens (including phenoxy) is 3. The lowest BCUT2D eigenvalue weighted by molar-refractivity contribution is -0.121. The van der Waals surface area contributed by atoms with E-state index in [2.05, 4.69) is 22.9 Å². The molecule has 0 aliphatic carbocycles. The van der Waals surface area contributed by atoms with Crippen molar-refractivity contribution in [2.75, 3.05) is 31.6 Å². The number of esters is 1. The standard InChI is InChI=1S/C43H57N3O7S/c1-2-3-4-5-6-7-8-9-10-11-12-13-14-15-16-17-40(49)44-24-26-51-27-25-45-42(54)46-31-18-21-35-34(28-31)41(50)53-43(35)36-22-19-32(47)29-38(36)52-39-30-33(48)20-23-37(39)43/h18-23,28-30,47-48H,2-17,24-27H2,1H3,(H,44,49)(H2,45,46,54). The molecule has 0 saturated carbocycles. The first kappa shape index (κ1) is 40.8. The minimum atomic E-state index is -1.32. The van der Waals surface area contributed by atoms with E-state index in [4.69, 9.17) is 26.4 Å². The molecule has 0 unspecified atom stereocenters. The minimum absolute atomic E-state index is 0.00415. The first-order valence-electron chi connectivity index (χ1n) is 19.9. The van der Waals surface area contributed by atoms with Crippen LogP contribution >= 0.6 is 12.2 Å². The summed E-state index contributed by atoms with van der Waals surface area (Å²) in [5.74, 6) is 0.182. The number of carbonyl (C=O) groups excluding carboxylic acids is 2. The van der Waals surface area contributed by atoms with Gasteiger partial charge < -0.3 is 40.4 Å². The highest BCUT2D eigenvalue weighted by atomic mass is 32.1. The zero-order valence-electron chi connectivity index (χ0n) is 31.7. The number of fused-ring (bicyclic) bond motifs is 6. The second kappa shape index (κ2) is 20.9. The Bertz CT molecular complexity index is 1660. The number of rotatable bonds is 23. The van der Waals surface area contributed by atoms with Crippen molar-refractivity contribution in [3.05, 3.63) is 76.9 Å². The normalized spacial score (nSPS) is 13.4. The van der Waals surface area contributed by atoms with E-state index in [-0.39, 0.29) is 17.4 Å². The van der Waals surface area contributed by atoms with Gasteiger partial charge in [0.05, 0.1) is 18.8 Å². The van der Waals surface area contributed by atoms with Gasteiger partial charge in [0, 0.05) is 54.0 Å². The predicted octanol–water partition coefficient (Wildman–Crippen LogP) is 9.35. The Morgan fingerprint density at radius 2 is 1.22 bits per heavy atom. The van der Waals surface area contributed by atoms with Gasteiger partial charge >= 0.3 is 5.97 Å². The molecule has 0 aromatic heterocycles. The molecule has 0 fully saturated rings. The third-order valence-electron chi connectivity index (χ3n) is 10.1. The minimum Gasteiger partial charge on any atom is -0.508 e. The number of thiocarbonyl (C=S) groups is 1. The van der Waals surface area contributed by atoms with Crippen molar-refractivity contribution in [2.24, 2.45) is 0 Å². The molecule has 5 rings (SSSR count). The second-order valence-electron chi connectivity index (χ2n) is 14.3. The Balaban J connectivity index is 0.933. The lowest BCUT2D eigenvalue weighted by Gasteiger charge is -2.36. The summed E-state index contributed by atoms with van der Waals surface area (Å²) < 4.78 is 17.8. The van der Waals surface area contributed by atoms with Crippen LogP contribution in [0.2, 0.25) is 0 Å². The van der Waals surface area contributed by atoms with Gasteiger partial charge in [-0.05, 0) is 55.0 Å². The number of phenols is 2. The molecule has 2 aliphatic rings. The highest BCUT2D eigenvalue weighted by Gasteiger charge is 2.53. The van der Waals surface area contributed by atoms with Gasteiger partial charge in [0.1, 0.15) is 23.0 Å². The van der Waals surface area contributed by atoms with Gasteiger partial charge in [-0.1, -0.05) is 103 Å². The molecule has 1 spiro atoms. The second-order valence-corrected chi connectivity index (χ2v) is 14.7. The summed E-state index contributed by atoms with van der Waals surface area (Å²) in [6, 6.07) is 14.6. The Morgan fingerprint density at radius 3 is 1.80 bits per heavy atom. The maximum Gasteiger partial charge on any atom is 0.340 e. The molecule has 1 amide bonds. The van der Waals surface area contributed by atoms with E-state index in [9.17, 15) is 19.8 Å². The third kappa shape index (κ3) is 11.1. The predicted molar refractivity (Wildman–Crippen MR) is 216 cm³/mol. The van der Waals surface area contributed by atoms with Crippen LogP contribution < -0.4 is 20.7 Å². The number of phenolic OH excluding ortho intramolecular Hbond substituents is 2. The Labute approximate surface area is 325 Å². The number of unbranched alkanes of at least 4 members (excludes halogenated alkanes) is 14. The maximum absolute atomic E-state index is 13.4. The monoisotopic (exact) mass is 759 g/mol. The molecule has 5 N–H and O–H groups in total. The molecule has 3 aromatic rings. The van der Waals surface area contributed by atoms with Gasteiger partial charge in [0.2, 0.25) is 5.91 Å². The molecule has 0 radical (unpaired) electrons. The van der Waals surface area contributed by atoms with Crippen LogP contribution in [0.25, 0.3) is 0 Å². The average molecular weight is 760 g/mol. The molecular formula is C43H57N3O7S. The van der Waals surface area contributed by atoms with Crippen molar-refractivity contribution >= 4 is 34.9 Å². The molecule has 54 heavy (non-hydrogen) atoms. The number of nitrogens with one attached hydrogen (secondary N) is 3. The summed E-state index contributed by atoms with van der Waals surface area (Å²) in [5.41, 5.74) is 1.35. The van der Waals surface area contributed by atoms with Crippen molar-refractivity contribution in [1.29, 1.82) is 0 Å². The summed E-state index contributed by atoms with van der Waals surface area (Å²) in [6.45, 7) is 4.02. The molecule has 2 heterocycles. The fourth-order valence-corrected chi connectivity index (χ4v) is 7.53. The first-order valence-corrected chi connectivity index (χ1v) is 20.3. The van der Waals surface area contributed by atoms with Crippen LogP contribution in [0.15, 0.2) is 54.6 Å². The van der Waals surface area contributed by atoms with Crippen LogP contribution in [-0.4, -0.2) is 53.5 Å². The van der Waals surface area contributed by atoms with Gasteiger partial charge in [0.15, 0.2) is 10.7 Å². The fourth-order valence-electron chi connectivity index (χ4n) is 7.31. The van der Waals surface area contributed by atoms with E-state index in [1.807, 2.05) is 6.07 Å². The molecule has 0 atom stereocenters. The summed E-state index contributed by atoms with van der Waals surface area (Å²) in [7, 11) is 0. The van der Waals surface area contributed by atoms with Crippen molar-refractivity contribution in [1.82, 2.24) is 10.6 Å². The van der Waals surface area contributed by atoms with Gasteiger partial charge in [-0.25, -0.2) is 4.79 Å². The fraction of sp³-hybridized carbons (Fsp3) is 0.512. The number of hydrogen-bond acceptors (Lipinski definition) is 8. The molecular weight excluding hydrogens is 703 g/mol. The first-order chi connectivity index (χ1) is 26.3. The summed E-state index contributed by atoms with van der Waals surface area (Å²) in [6.07, 6.45) is 20.2. The molecule has 0 saturated heterocycles. The molecule has 2 aliphatic heterocycles. The van der Waals surface area contributed by atoms with Crippen molar-refractivity contribution in [3.63, 3.8) is 0 Å². The van der Waals surface area contributed by atoms with Crippen LogP contribution in [0.4, 0.5) is 5.69 Å². The van der Waals surface area contributed by atoms with Crippen LogP contribution in [0, 0.1) is 0 Å². The SMILES string of the molecule is CCCCCCCCCCCCCCCCCC(=O)NCCOCCNC(=S)Nc1ccc2c(c1)C(=O)OC21c2ccc(O)cc2Oc2cc(O)ccc21. The number of amides is 1. The summed E-state index contributed by atoms with van der Waals surface area (Å²) >= 11 is 5.47. The number of carbonyl (C=O) groups is 2. The topological polar surface area (TPSA) is 138 Å². The van der Waals surface area contributed by atoms with Gasteiger partial charge in [-0.15, -0.1) is 0 Å². The van der Waals surface area contributed by atoms with E-state index in [0.29, 0.717) is 77.3 Å². The Kier molecular flexibility index (Phi) is 15.8. The highest BCUT2D eigenvalue weighted by Crippen LogP contribution is 2.57. The van der Waals surface area contributed by atoms with E-state index >= 15 is 0 Å². The van der Waals surface area contributed by atoms with E-state index in [1.165, 1.54) is 108 Å². The number of hydrogen-bond donors (Lipinski definition) is 5.